The molecule has 0 saturated carbocycles. The van der Waals surface area contributed by atoms with Gasteiger partial charge in [0, 0.05) is 47.2 Å². The number of aromatic amines is 1. The lowest BCUT2D eigenvalue weighted by Gasteiger charge is -2.20. The summed E-state index contributed by atoms with van der Waals surface area (Å²) in [6.45, 7) is 3.21. The second kappa shape index (κ2) is 9.39. The van der Waals surface area contributed by atoms with E-state index in [2.05, 4.69) is 15.0 Å². The monoisotopic (exact) mass is 481 g/mol. The molecule has 0 aliphatic heterocycles. The van der Waals surface area contributed by atoms with Crippen LogP contribution in [-0.2, 0) is 14.8 Å². The number of rotatable bonds is 7. The quantitative estimate of drug-likeness (QED) is 0.339. The van der Waals surface area contributed by atoms with E-state index in [9.17, 15) is 13.2 Å². The van der Waals surface area contributed by atoms with Gasteiger partial charge in [-0.2, -0.15) is 0 Å². The molecule has 3 aromatic carbocycles. The molecule has 0 aliphatic carbocycles. The number of nitrogens with one attached hydrogen (secondary N) is 3. The van der Waals surface area contributed by atoms with E-state index in [0.717, 1.165) is 22.0 Å². The summed E-state index contributed by atoms with van der Waals surface area (Å²) >= 11 is 6.52. The van der Waals surface area contributed by atoms with Crippen LogP contribution < -0.4 is 10.0 Å². The Morgan fingerprint density at radius 3 is 2.52 bits per heavy atom. The molecule has 0 saturated heterocycles. The Bertz CT molecular complexity index is 1430. The molecule has 0 bridgehead atoms. The van der Waals surface area contributed by atoms with Gasteiger partial charge in [-0.3, -0.25) is 4.79 Å². The Balaban J connectivity index is 1.71. The first-order chi connectivity index (χ1) is 15.8. The van der Waals surface area contributed by atoms with Gasteiger partial charge < -0.3 is 10.3 Å². The number of sulfonamides is 1. The third-order valence-electron chi connectivity index (χ3n) is 5.55. The lowest BCUT2D eigenvalue weighted by molar-refractivity contribution is -0.114. The van der Waals surface area contributed by atoms with E-state index < -0.39 is 10.0 Å². The van der Waals surface area contributed by atoms with Gasteiger partial charge in [-0.25, -0.2) is 13.1 Å². The summed E-state index contributed by atoms with van der Waals surface area (Å²) in [6.07, 6.45) is 1.90. The molecule has 1 atom stereocenters. The van der Waals surface area contributed by atoms with E-state index in [1.54, 1.807) is 25.1 Å². The minimum Gasteiger partial charge on any atom is -0.361 e. The molecule has 4 aromatic rings. The van der Waals surface area contributed by atoms with Crippen molar-refractivity contribution in [1.82, 2.24) is 9.71 Å². The largest absolute Gasteiger partial charge is 0.361 e. The molecule has 4 rings (SSSR count). The zero-order valence-electron chi connectivity index (χ0n) is 18.2. The van der Waals surface area contributed by atoms with Crippen LogP contribution in [-0.4, -0.2) is 25.9 Å². The van der Waals surface area contributed by atoms with Crippen LogP contribution >= 0.6 is 11.6 Å². The van der Waals surface area contributed by atoms with E-state index in [4.69, 9.17) is 11.6 Å². The van der Waals surface area contributed by atoms with Crippen LogP contribution in [0.25, 0.3) is 10.9 Å². The first-order valence-corrected chi connectivity index (χ1v) is 12.3. The van der Waals surface area contributed by atoms with Crippen molar-refractivity contribution in [2.75, 3.05) is 11.9 Å². The number of carbonyl (C=O) groups is 1. The molecule has 8 heteroatoms. The fourth-order valence-electron chi connectivity index (χ4n) is 3.97. The van der Waals surface area contributed by atoms with Crippen molar-refractivity contribution in [3.8, 4) is 0 Å². The van der Waals surface area contributed by atoms with Gasteiger partial charge >= 0.3 is 0 Å². The number of amides is 1. The molecule has 1 heterocycles. The maximum Gasteiger partial charge on any atom is 0.240 e. The van der Waals surface area contributed by atoms with E-state index in [1.165, 1.54) is 13.0 Å². The summed E-state index contributed by atoms with van der Waals surface area (Å²) < 4.78 is 29.3. The third-order valence-corrected chi connectivity index (χ3v) is 7.46. The van der Waals surface area contributed by atoms with Crippen molar-refractivity contribution in [3.05, 3.63) is 94.6 Å². The minimum absolute atomic E-state index is 0.109. The van der Waals surface area contributed by atoms with E-state index in [-0.39, 0.29) is 23.3 Å². The highest BCUT2D eigenvalue weighted by Gasteiger charge is 2.24. The fraction of sp³-hybridized carbons (Fsp3) is 0.160. The van der Waals surface area contributed by atoms with Gasteiger partial charge in [0.05, 0.1) is 4.90 Å². The Morgan fingerprint density at radius 2 is 1.76 bits per heavy atom. The van der Waals surface area contributed by atoms with Crippen LogP contribution in [0.15, 0.2) is 77.8 Å². The Hall–Kier alpha value is -3.13. The number of aromatic nitrogens is 1. The SMILES string of the molecule is CC(=O)Nc1ccc(C)c(S(=O)(=O)NC[C@H](c2ccccc2Cl)c2c[nH]c3ccccc23)c1. The smallest absolute Gasteiger partial charge is 0.240 e. The average molecular weight is 482 g/mol. The van der Waals surface area contributed by atoms with Gasteiger partial charge in [0.2, 0.25) is 15.9 Å². The molecule has 1 aromatic heterocycles. The standard InChI is InChI=1S/C25H24ClN3O3S/c1-16-11-12-18(29-17(2)30)13-25(16)33(31,32)28-15-22(19-7-3-5-9-23(19)26)21-14-27-24-10-6-4-8-20(21)24/h3-14,22,27-28H,15H2,1-2H3,(H,29,30)/t22-/m1/s1. The van der Waals surface area contributed by atoms with Gasteiger partial charge in [0.15, 0.2) is 0 Å². The Kier molecular flexibility index (Phi) is 6.56. The number of halogens is 1. The number of H-pyrrole nitrogens is 1. The number of carbonyl (C=O) groups excluding carboxylic acids is 1. The lowest BCUT2D eigenvalue weighted by atomic mass is 9.91. The van der Waals surface area contributed by atoms with Crippen LogP contribution in [0.5, 0.6) is 0 Å². The number of para-hydroxylation sites is 1. The summed E-state index contributed by atoms with van der Waals surface area (Å²) in [7, 11) is -3.86. The highest BCUT2D eigenvalue weighted by atomic mass is 35.5. The van der Waals surface area contributed by atoms with Crippen molar-refractivity contribution >= 4 is 44.1 Å². The van der Waals surface area contributed by atoms with Crippen molar-refractivity contribution in [2.24, 2.45) is 0 Å². The number of aryl methyl sites for hydroxylation is 1. The van der Waals surface area contributed by atoms with Crippen LogP contribution in [0.3, 0.4) is 0 Å². The predicted octanol–water partition coefficient (Wildman–Crippen LogP) is 5.20. The van der Waals surface area contributed by atoms with Crippen molar-refractivity contribution in [3.63, 3.8) is 0 Å². The zero-order chi connectivity index (χ0) is 23.6. The van der Waals surface area contributed by atoms with Crippen LogP contribution in [0.2, 0.25) is 5.02 Å². The number of benzene rings is 3. The lowest BCUT2D eigenvalue weighted by Crippen LogP contribution is -2.29. The topological polar surface area (TPSA) is 91.1 Å². The van der Waals surface area contributed by atoms with E-state index >= 15 is 0 Å². The summed E-state index contributed by atoms with van der Waals surface area (Å²) in [5.74, 6) is -0.586. The normalized spacial score (nSPS) is 12.6. The van der Waals surface area contributed by atoms with Crippen LogP contribution in [0.4, 0.5) is 5.69 Å². The molecule has 6 nitrogen and oxygen atoms in total. The molecular formula is C25H24ClN3O3S. The summed E-state index contributed by atoms with van der Waals surface area (Å²) in [4.78, 5) is 14.8. The van der Waals surface area contributed by atoms with E-state index in [1.807, 2.05) is 48.7 Å². The highest BCUT2D eigenvalue weighted by molar-refractivity contribution is 7.89. The Labute approximate surface area is 198 Å². The fourth-order valence-corrected chi connectivity index (χ4v) is 5.55. The van der Waals surface area contributed by atoms with Gasteiger partial charge in [-0.05, 0) is 47.9 Å². The second-order valence-corrected chi connectivity index (χ2v) is 10.0. The first-order valence-electron chi connectivity index (χ1n) is 10.4. The minimum atomic E-state index is -3.86. The van der Waals surface area contributed by atoms with E-state index in [0.29, 0.717) is 16.3 Å². The van der Waals surface area contributed by atoms with Crippen LogP contribution in [0, 0.1) is 6.92 Å². The number of hydrogen-bond acceptors (Lipinski definition) is 3. The van der Waals surface area contributed by atoms with Crippen molar-refractivity contribution in [1.29, 1.82) is 0 Å². The average Bonchev–Trinajstić information content (AvgIpc) is 3.20. The molecule has 170 valence electrons. The Morgan fingerprint density at radius 1 is 1.03 bits per heavy atom. The molecule has 1 amide bonds. The maximum atomic E-state index is 13.3. The zero-order valence-corrected chi connectivity index (χ0v) is 19.8. The number of fused-ring (bicyclic) bond motifs is 1. The summed E-state index contributed by atoms with van der Waals surface area (Å²) in [5.41, 5.74) is 3.75. The van der Waals surface area contributed by atoms with Gasteiger partial charge in [-0.1, -0.05) is 54.1 Å². The molecule has 0 aliphatic rings. The molecule has 0 fully saturated rings. The molecule has 0 spiro atoms. The van der Waals surface area contributed by atoms with Gasteiger partial charge in [0.1, 0.15) is 0 Å². The molecule has 3 N–H and O–H groups in total. The number of hydrogen-bond donors (Lipinski definition) is 3. The first kappa shape index (κ1) is 23.0. The number of anilines is 1. The molecule has 33 heavy (non-hydrogen) atoms. The second-order valence-electron chi connectivity index (χ2n) is 7.88. The van der Waals surface area contributed by atoms with Crippen LogP contribution in [0.1, 0.15) is 29.5 Å². The van der Waals surface area contributed by atoms with Crippen molar-refractivity contribution < 1.29 is 13.2 Å². The third kappa shape index (κ3) is 4.95. The predicted molar refractivity (Wildman–Crippen MR) is 132 cm³/mol. The summed E-state index contributed by atoms with van der Waals surface area (Å²) in [6, 6.07) is 20.1. The highest BCUT2D eigenvalue weighted by Crippen LogP contribution is 2.34. The van der Waals surface area contributed by atoms with Crippen molar-refractivity contribution in [2.45, 2.75) is 24.7 Å². The molecular weight excluding hydrogens is 458 g/mol. The maximum absolute atomic E-state index is 13.3. The van der Waals surface area contributed by atoms with Gasteiger partial charge in [-0.15, -0.1) is 0 Å². The molecule has 0 unspecified atom stereocenters. The molecule has 0 radical (unpaired) electrons. The summed E-state index contributed by atoms with van der Waals surface area (Å²) in [5, 5.41) is 4.20. The van der Waals surface area contributed by atoms with Gasteiger partial charge in [0.25, 0.3) is 0 Å².